The molecule has 0 saturated carbocycles. The Morgan fingerprint density at radius 3 is 1.73 bits per heavy atom. The number of carboxylic acids is 2. The van der Waals surface area contributed by atoms with Gasteiger partial charge in [0, 0.05) is 11.9 Å². The molecule has 80 valence electrons. The Kier molecular flexibility index (Phi) is 16.0. The van der Waals surface area contributed by atoms with Crippen molar-refractivity contribution in [3.05, 3.63) is 6.20 Å². The Hall–Kier alpha value is -1.50. The molecule has 1 heterocycles. The second-order valence-corrected chi connectivity index (χ2v) is 1.88. The molecule has 1 rings (SSSR count). The van der Waals surface area contributed by atoms with Crippen molar-refractivity contribution in [1.29, 1.82) is 0 Å². The second-order valence-electron chi connectivity index (χ2n) is 1.88. The summed E-state index contributed by atoms with van der Waals surface area (Å²) in [6.07, 6.45) is 1.44. The van der Waals surface area contributed by atoms with Gasteiger partial charge in [-0.05, 0) is 13.8 Å². The van der Waals surface area contributed by atoms with E-state index in [0.717, 1.165) is 13.8 Å². The molecule has 0 aromatic carbocycles. The van der Waals surface area contributed by atoms with Crippen molar-refractivity contribution in [2.45, 2.75) is 13.8 Å². The van der Waals surface area contributed by atoms with Gasteiger partial charge in [-0.1, -0.05) is 0 Å². The number of aliphatic carboxylic acids is 2. The monoisotopic (exact) mass is 266 g/mol. The molecule has 0 spiro atoms. The van der Waals surface area contributed by atoms with E-state index in [1.807, 2.05) is 0 Å². The summed E-state index contributed by atoms with van der Waals surface area (Å²) in [5.74, 6) is -1.74. The van der Waals surface area contributed by atoms with Crippen LogP contribution in [0.3, 0.4) is 0 Å². The van der Waals surface area contributed by atoms with Gasteiger partial charge in [0.05, 0.1) is 6.20 Å². The number of carbonyl (C=O) groups excluding carboxylic acids is 2. The number of hydrogen-bond acceptors (Lipinski definition) is 7. The van der Waals surface area contributed by atoms with E-state index in [4.69, 9.17) is 25.5 Å². The van der Waals surface area contributed by atoms with Crippen LogP contribution in [0.25, 0.3) is 0 Å². The van der Waals surface area contributed by atoms with Gasteiger partial charge in [-0.2, -0.15) is 10.3 Å². The van der Waals surface area contributed by atoms with Crippen LogP contribution in [0.5, 0.6) is 0 Å². The molecule has 0 aliphatic carbocycles. The van der Waals surface area contributed by atoms with E-state index in [1.54, 1.807) is 0 Å². The smallest absolute Gasteiger partial charge is 0.550 e. The molecule has 0 radical (unpaired) electrons. The standard InChI is InChI=1S/C2H4N4.2C2H4O2.Zn/c3-2-1-4-6-5-2;2*1-2(3)4;/h1H,(H3,3,4,5,6);2*1H3,(H,3,4);/q;;;+2/p-2. The first kappa shape index (κ1) is 19.1. The van der Waals surface area contributed by atoms with Crippen LogP contribution < -0.4 is 15.9 Å². The predicted octanol–water partition coefficient (Wildman–Crippen LogP) is -3.10. The molecule has 8 nitrogen and oxygen atoms in total. The van der Waals surface area contributed by atoms with Crippen molar-refractivity contribution < 1.29 is 39.3 Å². The summed E-state index contributed by atoms with van der Waals surface area (Å²) in [6, 6.07) is 0. The summed E-state index contributed by atoms with van der Waals surface area (Å²) in [5.41, 5.74) is 5.07. The number of carboxylic acid groups (broad SMARTS) is 2. The molecule has 0 bridgehead atoms. The zero-order valence-electron chi connectivity index (χ0n) is 8.39. The molecule has 9 heteroatoms. The minimum atomic E-state index is -1.08. The molecule has 15 heavy (non-hydrogen) atoms. The first-order valence-corrected chi connectivity index (χ1v) is 3.32. The fourth-order valence-corrected chi connectivity index (χ4v) is 0.210. The minimum Gasteiger partial charge on any atom is -0.550 e. The third kappa shape index (κ3) is 45.5. The van der Waals surface area contributed by atoms with Crippen LogP contribution in [0.2, 0.25) is 0 Å². The Labute approximate surface area is 98.6 Å². The third-order valence-electron chi connectivity index (χ3n) is 0.434. The van der Waals surface area contributed by atoms with Crippen molar-refractivity contribution in [2.75, 3.05) is 5.73 Å². The zero-order chi connectivity index (χ0) is 11.6. The van der Waals surface area contributed by atoms with Crippen LogP contribution in [-0.4, -0.2) is 27.3 Å². The molecule has 0 atom stereocenters. The first-order valence-electron chi connectivity index (χ1n) is 3.32. The van der Waals surface area contributed by atoms with E-state index in [-0.39, 0.29) is 19.5 Å². The largest absolute Gasteiger partial charge is 2.00 e. The third-order valence-corrected chi connectivity index (χ3v) is 0.434. The maximum Gasteiger partial charge on any atom is 2.00 e. The Bertz CT molecular complexity index is 244. The normalized spacial score (nSPS) is 6.80. The van der Waals surface area contributed by atoms with Crippen molar-refractivity contribution in [2.24, 2.45) is 0 Å². The van der Waals surface area contributed by atoms with Crippen molar-refractivity contribution >= 4 is 17.8 Å². The van der Waals surface area contributed by atoms with E-state index in [1.165, 1.54) is 6.20 Å². The molecule has 0 aliphatic rings. The van der Waals surface area contributed by atoms with Gasteiger partial charge in [-0.15, -0.1) is 5.10 Å². The number of carbonyl (C=O) groups is 2. The van der Waals surface area contributed by atoms with E-state index in [9.17, 15) is 0 Å². The SMILES string of the molecule is CC(=O)[O-].CC(=O)[O-].Nc1cn[nH]n1.[Zn+2]. The fraction of sp³-hybridized carbons (Fsp3) is 0.333. The number of nitrogens with one attached hydrogen (secondary N) is 1. The number of rotatable bonds is 0. The number of nitrogens with two attached hydrogens (primary N) is 1. The van der Waals surface area contributed by atoms with Gasteiger partial charge in [-0.3, -0.25) is 0 Å². The van der Waals surface area contributed by atoms with Gasteiger partial charge in [0.15, 0.2) is 5.82 Å². The maximum atomic E-state index is 8.89. The zero-order valence-corrected chi connectivity index (χ0v) is 11.4. The van der Waals surface area contributed by atoms with Gasteiger partial charge in [0.1, 0.15) is 0 Å². The minimum absolute atomic E-state index is 0. The topological polar surface area (TPSA) is 148 Å². The number of aromatic amines is 1. The molecule has 1 aromatic rings. The Morgan fingerprint density at radius 2 is 1.67 bits per heavy atom. The van der Waals surface area contributed by atoms with E-state index >= 15 is 0 Å². The van der Waals surface area contributed by atoms with Crippen LogP contribution in [0.1, 0.15) is 13.8 Å². The predicted molar refractivity (Wildman–Crippen MR) is 42.2 cm³/mol. The quantitative estimate of drug-likeness (QED) is 0.473. The van der Waals surface area contributed by atoms with Crippen LogP contribution in [-0.2, 0) is 29.1 Å². The molecule has 0 amide bonds. The van der Waals surface area contributed by atoms with Crippen LogP contribution >= 0.6 is 0 Å². The summed E-state index contributed by atoms with van der Waals surface area (Å²) < 4.78 is 0. The summed E-state index contributed by atoms with van der Waals surface area (Å²) in [4.78, 5) is 17.8. The van der Waals surface area contributed by atoms with Crippen molar-refractivity contribution in [3.63, 3.8) is 0 Å². The summed E-state index contributed by atoms with van der Waals surface area (Å²) in [6.45, 7) is 1.94. The first-order chi connectivity index (χ1) is 6.36. The second kappa shape index (κ2) is 12.5. The molecular formula is C6H10N4O4Zn. The van der Waals surface area contributed by atoms with Crippen molar-refractivity contribution in [3.8, 4) is 0 Å². The average Bonchev–Trinajstić information content (AvgIpc) is 2.36. The summed E-state index contributed by atoms with van der Waals surface area (Å²) >= 11 is 0. The number of hydrogen-bond donors (Lipinski definition) is 2. The van der Waals surface area contributed by atoms with Crippen molar-refractivity contribution in [1.82, 2.24) is 15.4 Å². The number of nitrogen functional groups attached to an aromatic ring is 1. The number of aromatic nitrogens is 3. The number of H-pyrrole nitrogens is 1. The average molecular weight is 268 g/mol. The molecule has 1 aromatic heterocycles. The Morgan fingerprint density at radius 1 is 1.33 bits per heavy atom. The van der Waals surface area contributed by atoms with E-state index in [2.05, 4.69) is 15.4 Å². The van der Waals surface area contributed by atoms with E-state index in [0.29, 0.717) is 5.82 Å². The summed E-state index contributed by atoms with van der Waals surface area (Å²) in [7, 11) is 0. The van der Waals surface area contributed by atoms with E-state index < -0.39 is 11.9 Å². The maximum absolute atomic E-state index is 8.89. The molecular weight excluding hydrogens is 257 g/mol. The van der Waals surface area contributed by atoms with Crippen LogP contribution in [0, 0.1) is 0 Å². The molecule has 3 N–H and O–H groups in total. The molecule has 0 aliphatic heterocycles. The molecule has 0 fully saturated rings. The molecule has 0 saturated heterocycles. The van der Waals surface area contributed by atoms with Crippen LogP contribution in [0.15, 0.2) is 6.20 Å². The fourth-order valence-electron chi connectivity index (χ4n) is 0.210. The van der Waals surface area contributed by atoms with Gasteiger partial charge in [0.2, 0.25) is 0 Å². The Balaban J connectivity index is -0.000000145. The number of nitrogens with zero attached hydrogens (tertiary/aromatic N) is 2. The molecule has 0 unspecified atom stereocenters. The number of anilines is 1. The van der Waals surface area contributed by atoms with Gasteiger partial charge in [-0.25, -0.2) is 0 Å². The van der Waals surface area contributed by atoms with Gasteiger partial charge < -0.3 is 25.5 Å². The van der Waals surface area contributed by atoms with Gasteiger partial charge >= 0.3 is 19.5 Å². The van der Waals surface area contributed by atoms with Gasteiger partial charge in [0.25, 0.3) is 0 Å². The summed E-state index contributed by atoms with van der Waals surface area (Å²) in [5, 5.41) is 27.0. The van der Waals surface area contributed by atoms with Crippen LogP contribution in [0.4, 0.5) is 5.82 Å².